The third-order valence-electron chi connectivity index (χ3n) is 4.27. The summed E-state index contributed by atoms with van der Waals surface area (Å²) in [6, 6.07) is 16.6. The molecule has 2 aromatic carbocycles. The lowest BCUT2D eigenvalue weighted by Crippen LogP contribution is -2.45. The zero-order valence-electron chi connectivity index (χ0n) is 16.8. The number of nitrogens with one attached hydrogen (secondary N) is 2. The van der Waals surface area contributed by atoms with Crippen molar-refractivity contribution in [2.45, 2.75) is 32.7 Å². The number of carbonyl (C=O) groups excluding carboxylic acids is 2. The highest BCUT2D eigenvalue weighted by Crippen LogP contribution is 2.27. The molecule has 0 spiro atoms. The predicted molar refractivity (Wildman–Crippen MR) is 123 cm³/mol. The first-order valence-electron chi connectivity index (χ1n) is 9.64. The summed E-state index contributed by atoms with van der Waals surface area (Å²) < 4.78 is 0.977. The zero-order valence-corrected chi connectivity index (χ0v) is 19.2. The molecule has 0 aliphatic heterocycles. The van der Waals surface area contributed by atoms with Crippen LogP contribution in [0.3, 0.4) is 0 Å². The minimum absolute atomic E-state index is 0.145. The Labute approximate surface area is 188 Å². The molecule has 0 saturated heterocycles. The second-order valence-corrected chi connectivity index (χ2v) is 9.21. The first-order chi connectivity index (χ1) is 14.4. The van der Waals surface area contributed by atoms with Crippen molar-refractivity contribution >= 4 is 44.2 Å². The third-order valence-corrected chi connectivity index (χ3v) is 5.69. The van der Waals surface area contributed by atoms with E-state index >= 15 is 0 Å². The van der Waals surface area contributed by atoms with Gasteiger partial charge in [0.25, 0.3) is 0 Å². The number of carbonyl (C=O) groups is 2. The van der Waals surface area contributed by atoms with Gasteiger partial charge in [0.05, 0.1) is 0 Å². The molecule has 1 atom stereocenters. The molecule has 6 nitrogen and oxygen atoms in total. The molecular formula is C22H23BrN4O2S. The van der Waals surface area contributed by atoms with Gasteiger partial charge in [0.15, 0.2) is 0 Å². The third kappa shape index (κ3) is 6.47. The van der Waals surface area contributed by atoms with Gasteiger partial charge < -0.3 is 5.32 Å². The van der Waals surface area contributed by atoms with Crippen LogP contribution in [0.15, 0.2) is 59.1 Å². The Morgan fingerprint density at radius 1 is 1.03 bits per heavy atom. The second kappa shape index (κ2) is 10.4. The molecule has 0 aliphatic carbocycles. The Bertz CT molecular complexity index is 990. The number of hydrogen-bond acceptors (Lipinski definition) is 5. The summed E-state index contributed by atoms with van der Waals surface area (Å²) in [5.74, 6) is -0.245. The van der Waals surface area contributed by atoms with Crippen molar-refractivity contribution in [1.29, 1.82) is 0 Å². The van der Waals surface area contributed by atoms with Crippen molar-refractivity contribution in [2.24, 2.45) is 5.92 Å². The molecule has 0 aliphatic rings. The standard InChI is InChI=1S/C22H23BrN4O2S/c1-14(2)12-19(28)24-18(13-15-6-4-3-5-7-15)20(29)25-22-27-26-21(30-22)16-8-10-17(23)11-9-16/h3-11,14,18H,12-13H2,1-2H3,(H,24,28)(H,25,27,29)/t18-/m0/s1. The normalized spacial score (nSPS) is 11.9. The number of amides is 2. The van der Waals surface area contributed by atoms with E-state index in [0.717, 1.165) is 15.6 Å². The Balaban J connectivity index is 1.72. The average molecular weight is 487 g/mol. The lowest BCUT2D eigenvalue weighted by molar-refractivity contribution is -0.127. The van der Waals surface area contributed by atoms with Crippen molar-refractivity contribution in [3.05, 3.63) is 64.6 Å². The SMILES string of the molecule is CC(C)CC(=O)N[C@@H](Cc1ccccc1)C(=O)Nc1nnc(-c2ccc(Br)cc2)s1. The van der Waals surface area contributed by atoms with Gasteiger partial charge in [-0.25, -0.2) is 0 Å². The molecule has 0 fully saturated rings. The van der Waals surface area contributed by atoms with Crippen LogP contribution >= 0.6 is 27.3 Å². The fraction of sp³-hybridized carbons (Fsp3) is 0.273. The fourth-order valence-corrected chi connectivity index (χ4v) is 3.87. The van der Waals surface area contributed by atoms with Crippen LogP contribution in [0.5, 0.6) is 0 Å². The number of rotatable bonds is 8. The van der Waals surface area contributed by atoms with E-state index in [1.807, 2.05) is 68.4 Å². The molecule has 156 valence electrons. The molecule has 0 unspecified atom stereocenters. The van der Waals surface area contributed by atoms with Crippen LogP contribution in [0.2, 0.25) is 0 Å². The van der Waals surface area contributed by atoms with E-state index in [1.54, 1.807) is 0 Å². The zero-order chi connectivity index (χ0) is 21.5. The smallest absolute Gasteiger partial charge is 0.249 e. The summed E-state index contributed by atoms with van der Waals surface area (Å²) >= 11 is 4.70. The van der Waals surface area contributed by atoms with E-state index in [9.17, 15) is 9.59 Å². The topological polar surface area (TPSA) is 84.0 Å². The van der Waals surface area contributed by atoms with Crippen LogP contribution in [-0.2, 0) is 16.0 Å². The van der Waals surface area contributed by atoms with E-state index in [1.165, 1.54) is 11.3 Å². The molecule has 1 aromatic heterocycles. The fourth-order valence-electron chi connectivity index (χ4n) is 2.86. The minimum atomic E-state index is -0.696. The Morgan fingerprint density at radius 2 is 1.73 bits per heavy atom. The molecular weight excluding hydrogens is 464 g/mol. The van der Waals surface area contributed by atoms with Crippen molar-refractivity contribution in [3.63, 3.8) is 0 Å². The molecule has 0 bridgehead atoms. The lowest BCUT2D eigenvalue weighted by atomic mass is 10.0. The van der Waals surface area contributed by atoms with Crippen molar-refractivity contribution in [1.82, 2.24) is 15.5 Å². The van der Waals surface area contributed by atoms with Crippen molar-refractivity contribution < 1.29 is 9.59 Å². The largest absolute Gasteiger partial charge is 0.344 e. The van der Waals surface area contributed by atoms with Crippen LogP contribution in [0.1, 0.15) is 25.8 Å². The van der Waals surface area contributed by atoms with Crippen LogP contribution in [-0.4, -0.2) is 28.1 Å². The quantitative estimate of drug-likeness (QED) is 0.483. The van der Waals surface area contributed by atoms with Gasteiger partial charge in [-0.3, -0.25) is 14.9 Å². The van der Waals surface area contributed by atoms with Gasteiger partial charge >= 0.3 is 0 Å². The minimum Gasteiger partial charge on any atom is -0.344 e. The number of anilines is 1. The molecule has 8 heteroatoms. The van der Waals surface area contributed by atoms with Crippen LogP contribution in [0.25, 0.3) is 10.6 Å². The Kier molecular flexibility index (Phi) is 7.70. The van der Waals surface area contributed by atoms with Crippen LogP contribution in [0, 0.1) is 5.92 Å². The molecule has 1 heterocycles. The maximum atomic E-state index is 12.9. The number of hydrogen-bond donors (Lipinski definition) is 2. The number of aromatic nitrogens is 2. The summed E-state index contributed by atoms with van der Waals surface area (Å²) in [6.45, 7) is 3.94. The van der Waals surface area contributed by atoms with Crippen molar-refractivity contribution in [3.8, 4) is 10.6 Å². The summed E-state index contributed by atoms with van der Waals surface area (Å²) in [5, 5.41) is 15.0. The monoisotopic (exact) mass is 486 g/mol. The molecule has 30 heavy (non-hydrogen) atoms. The first-order valence-corrected chi connectivity index (χ1v) is 11.2. The summed E-state index contributed by atoms with van der Waals surface area (Å²) in [6.07, 6.45) is 0.764. The number of benzene rings is 2. The lowest BCUT2D eigenvalue weighted by Gasteiger charge is -2.18. The van der Waals surface area contributed by atoms with Crippen LogP contribution < -0.4 is 10.6 Å². The number of nitrogens with zero attached hydrogens (tertiary/aromatic N) is 2. The average Bonchev–Trinajstić information content (AvgIpc) is 3.16. The van der Waals surface area contributed by atoms with E-state index in [0.29, 0.717) is 23.0 Å². The molecule has 3 aromatic rings. The van der Waals surface area contributed by atoms with Gasteiger partial charge in [-0.15, -0.1) is 10.2 Å². The van der Waals surface area contributed by atoms with E-state index in [-0.39, 0.29) is 17.7 Å². The predicted octanol–water partition coefficient (Wildman–Crippen LogP) is 4.68. The molecule has 2 amide bonds. The van der Waals surface area contributed by atoms with Crippen LogP contribution in [0.4, 0.5) is 5.13 Å². The molecule has 0 radical (unpaired) electrons. The van der Waals surface area contributed by atoms with Gasteiger partial charge in [-0.2, -0.15) is 0 Å². The van der Waals surface area contributed by atoms with Crippen molar-refractivity contribution in [2.75, 3.05) is 5.32 Å². The van der Waals surface area contributed by atoms with E-state index < -0.39 is 6.04 Å². The maximum absolute atomic E-state index is 12.9. The highest BCUT2D eigenvalue weighted by Gasteiger charge is 2.23. The highest BCUT2D eigenvalue weighted by molar-refractivity contribution is 9.10. The molecule has 0 saturated carbocycles. The summed E-state index contributed by atoms with van der Waals surface area (Å²) in [7, 11) is 0. The summed E-state index contributed by atoms with van der Waals surface area (Å²) in [5.41, 5.74) is 1.89. The first kappa shape index (κ1) is 22.1. The van der Waals surface area contributed by atoms with Gasteiger partial charge in [0.2, 0.25) is 16.9 Å². The highest BCUT2D eigenvalue weighted by atomic mass is 79.9. The van der Waals surface area contributed by atoms with Gasteiger partial charge in [0.1, 0.15) is 11.0 Å². The Hall–Kier alpha value is -2.58. The van der Waals surface area contributed by atoms with Gasteiger partial charge in [-0.1, -0.05) is 83.6 Å². The summed E-state index contributed by atoms with van der Waals surface area (Å²) in [4.78, 5) is 25.2. The van der Waals surface area contributed by atoms with Gasteiger partial charge in [-0.05, 0) is 23.6 Å². The number of halogens is 1. The molecule has 3 rings (SSSR count). The Morgan fingerprint density at radius 3 is 2.40 bits per heavy atom. The van der Waals surface area contributed by atoms with Gasteiger partial charge in [0, 0.05) is 22.9 Å². The van der Waals surface area contributed by atoms with E-state index in [4.69, 9.17) is 0 Å². The molecule has 2 N–H and O–H groups in total. The maximum Gasteiger partial charge on any atom is 0.249 e. The van der Waals surface area contributed by atoms with E-state index in [2.05, 4.69) is 36.8 Å². The second-order valence-electron chi connectivity index (χ2n) is 7.32.